The van der Waals surface area contributed by atoms with Gasteiger partial charge in [0.2, 0.25) is 0 Å². The zero-order chi connectivity index (χ0) is 14.7. The van der Waals surface area contributed by atoms with Crippen molar-refractivity contribution in [3.8, 4) is 0 Å². The lowest BCUT2D eigenvalue weighted by molar-refractivity contribution is 0.102. The van der Waals surface area contributed by atoms with E-state index < -0.39 is 11.7 Å². The number of nitrogens with one attached hydrogen (secondary N) is 2. The first-order chi connectivity index (χ1) is 9.51. The van der Waals surface area contributed by atoms with Crippen molar-refractivity contribution in [3.05, 3.63) is 52.0 Å². The molecule has 0 atom stereocenters. The fourth-order valence-electron chi connectivity index (χ4n) is 1.50. The molecular formula is C13H10Cl2FN3O. The van der Waals surface area contributed by atoms with Crippen molar-refractivity contribution in [2.45, 2.75) is 0 Å². The minimum Gasteiger partial charge on any atom is -0.387 e. The molecule has 1 heterocycles. The third-order valence-electron chi connectivity index (χ3n) is 2.53. The Labute approximate surface area is 124 Å². The highest BCUT2D eigenvalue weighted by atomic mass is 35.5. The molecule has 2 aromatic rings. The number of carbonyl (C=O) groups is 1. The van der Waals surface area contributed by atoms with Crippen molar-refractivity contribution >= 4 is 40.5 Å². The molecule has 1 aromatic heterocycles. The Morgan fingerprint density at radius 1 is 1.20 bits per heavy atom. The van der Waals surface area contributed by atoms with Gasteiger partial charge in [-0.15, -0.1) is 0 Å². The molecule has 1 aromatic carbocycles. The molecule has 2 rings (SSSR count). The third-order valence-corrected chi connectivity index (χ3v) is 3.08. The number of hydrogen-bond donors (Lipinski definition) is 2. The second kappa shape index (κ2) is 6.07. The standard InChI is InChI=1S/C13H10Cl2FN3O/c1-17-7-2-3-11(18-6-7)13(20)19-8-4-9(14)12(16)10(15)5-8/h2-6,17H,1H3,(H,19,20). The lowest BCUT2D eigenvalue weighted by Gasteiger charge is -2.07. The molecule has 1 amide bonds. The minimum absolute atomic E-state index is 0.161. The maximum Gasteiger partial charge on any atom is 0.274 e. The molecule has 0 radical (unpaired) electrons. The molecule has 0 aliphatic rings. The van der Waals surface area contributed by atoms with Crippen molar-refractivity contribution in [2.75, 3.05) is 17.7 Å². The van der Waals surface area contributed by atoms with Gasteiger partial charge in [0.25, 0.3) is 5.91 Å². The van der Waals surface area contributed by atoms with Gasteiger partial charge in [-0.25, -0.2) is 9.37 Å². The second-order valence-electron chi connectivity index (χ2n) is 3.89. The van der Waals surface area contributed by atoms with Gasteiger partial charge < -0.3 is 10.6 Å². The summed E-state index contributed by atoms with van der Waals surface area (Å²) < 4.78 is 13.3. The maximum absolute atomic E-state index is 13.3. The van der Waals surface area contributed by atoms with Gasteiger partial charge >= 0.3 is 0 Å². The van der Waals surface area contributed by atoms with Crippen LogP contribution < -0.4 is 10.6 Å². The zero-order valence-corrected chi connectivity index (χ0v) is 11.9. The van der Waals surface area contributed by atoms with Gasteiger partial charge in [-0.1, -0.05) is 23.2 Å². The lowest BCUT2D eigenvalue weighted by atomic mass is 10.2. The molecule has 4 nitrogen and oxygen atoms in total. The van der Waals surface area contributed by atoms with Gasteiger partial charge in [0.15, 0.2) is 5.82 Å². The number of nitrogens with zero attached hydrogens (tertiary/aromatic N) is 1. The number of rotatable bonds is 3. The number of amides is 1. The van der Waals surface area contributed by atoms with Crippen LogP contribution in [0.4, 0.5) is 15.8 Å². The van der Waals surface area contributed by atoms with Gasteiger partial charge in [-0.05, 0) is 24.3 Å². The van der Waals surface area contributed by atoms with Crippen LogP contribution in [-0.4, -0.2) is 17.9 Å². The number of anilines is 2. The number of aromatic nitrogens is 1. The van der Waals surface area contributed by atoms with Gasteiger partial charge in [0, 0.05) is 12.7 Å². The van der Waals surface area contributed by atoms with E-state index in [9.17, 15) is 9.18 Å². The molecule has 0 unspecified atom stereocenters. The van der Waals surface area contributed by atoms with Crippen LogP contribution in [0.3, 0.4) is 0 Å². The Hall–Kier alpha value is -1.85. The summed E-state index contributed by atoms with van der Waals surface area (Å²) in [7, 11) is 1.75. The average Bonchev–Trinajstić information content (AvgIpc) is 2.44. The van der Waals surface area contributed by atoms with Gasteiger partial charge in [-0.3, -0.25) is 4.79 Å². The van der Waals surface area contributed by atoms with E-state index in [2.05, 4.69) is 15.6 Å². The molecule has 0 aliphatic carbocycles. The largest absolute Gasteiger partial charge is 0.387 e. The highest BCUT2D eigenvalue weighted by molar-refractivity contribution is 6.35. The summed E-state index contributed by atoms with van der Waals surface area (Å²) in [4.78, 5) is 15.9. The van der Waals surface area contributed by atoms with E-state index >= 15 is 0 Å². The van der Waals surface area contributed by atoms with Crippen molar-refractivity contribution < 1.29 is 9.18 Å². The smallest absolute Gasteiger partial charge is 0.274 e. The molecule has 0 bridgehead atoms. The quantitative estimate of drug-likeness (QED) is 0.847. The Morgan fingerprint density at radius 3 is 2.35 bits per heavy atom. The Bertz CT molecular complexity index is 624. The van der Waals surface area contributed by atoms with E-state index in [1.807, 2.05) is 0 Å². The first-order valence-electron chi connectivity index (χ1n) is 5.61. The van der Waals surface area contributed by atoms with Crippen LogP contribution in [0.2, 0.25) is 10.0 Å². The van der Waals surface area contributed by atoms with Gasteiger partial charge in [0.05, 0.1) is 21.9 Å². The summed E-state index contributed by atoms with van der Waals surface area (Å²) in [5, 5.41) is 5.12. The molecule has 0 fully saturated rings. The van der Waals surface area contributed by atoms with E-state index in [4.69, 9.17) is 23.2 Å². The molecule has 0 saturated heterocycles. The van der Waals surface area contributed by atoms with Crippen LogP contribution in [-0.2, 0) is 0 Å². The van der Waals surface area contributed by atoms with Crippen molar-refractivity contribution in [3.63, 3.8) is 0 Å². The highest BCUT2D eigenvalue weighted by Crippen LogP contribution is 2.27. The highest BCUT2D eigenvalue weighted by Gasteiger charge is 2.11. The number of halogens is 3. The number of hydrogen-bond acceptors (Lipinski definition) is 3. The van der Waals surface area contributed by atoms with Gasteiger partial charge in [0.1, 0.15) is 5.69 Å². The molecule has 20 heavy (non-hydrogen) atoms. The molecule has 104 valence electrons. The Balaban J connectivity index is 2.18. The first-order valence-corrected chi connectivity index (χ1v) is 6.36. The predicted octanol–water partition coefficient (Wildman–Crippen LogP) is 3.82. The molecular weight excluding hydrogens is 304 g/mol. The number of pyridine rings is 1. The number of carbonyl (C=O) groups excluding carboxylic acids is 1. The summed E-state index contributed by atoms with van der Waals surface area (Å²) in [6.45, 7) is 0. The van der Waals surface area contributed by atoms with Gasteiger partial charge in [-0.2, -0.15) is 0 Å². The normalized spacial score (nSPS) is 10.2. The van der Waals surface area contributed by atoms with Crippen LogP contribution in [0.15, 0.2) is 30.5 Å². The Kier molecular flexibility index (Phi) is 4.42. The van der Waals surface area contributed by atoms with Crippen LogP contribution in [0.25, 0.3) is 0 Å². The zero-order valence-electron chi connectivity index (χ0n) is 10.4. The van der Waals surface area contributed by atoms with E-state index in [0.29, 0.717) is 5.69 Å². The van der Waals surface area contributed by atoms with E-state index in [-0.39, 0.29) is 15.7 Å². The molecule has 0 saturated carbocycles. The fourth-order valence-corrected chi connectivity index (χ4v) is 1.99. The fraction of sp³-hybridized carbons (Fsp3) is 0.0769. The molecule has 0 spiro atoms. The second-order valence-corrected chi connectivity index (χ2v) is 4.70. The molecule has 7 heteroatoms. The molecule has 2 N–H and O–H groups in total. The summed E-state index contributed by atoms with van der Waals surface area (Å²) in [5.41, 5.74) is 1.31. The van der Waals surface area contributed by atoms with Crippen LogP contribution >= 0.6 is 23.2 Å². The monoisotopic (exact) mass is 313 g/mol. The summed E-state index contributed by atoms with van der Waals surface area (Å²) in [5.74, 6) is -1.16. The maximum atomic E-state index is 13.3. The number of benzene rings is 1. The van der Waals surface area contributed by atoms with Crippen LogP contribution in [0.5, 0.6) is 0 Å². The third kappa shape index (κ3) is 3.18. The summed E-state index contributed by atoms with van der Waals surface area (Å²) >= 11 is 11.3. The molecule has 0 aliphatic heterocycles. The van der Waals surface area contributed by atoms with Crippen molar-refractivity contribution in [1.29, 1.82) is 0 Å². The van der Waals surface area contributed by atoms with E-state index in [1.54, 1.807) is 19.2 Å². The summed E-state index contributed by atoms with van der Waals surface area (Å²) in [6.07, 6.45) is 1.53. The van der Waals surface area contributed by atoms with Crippen molar-refractivity contribution in [2.24, 2.45) is 0 Å². The summed E-state index contributed by atoms with van der Waals surface area (Å²) in [6, 6.07) is 5.84. The first kappa shape index (κ1) is 14.6. The lowest BCUT2D eigenvalue weighted by Crippen LogP contribution is -2.13. The predicted molar refractivity (Wildman–Crippen MR) is 78.2 cm³/mol. The van der Waals surface area contributed by atoms with Crippen LogP contribution in [0.1, 0.15) is 10.5 Å². The van der Waals surface area contributed by atoms with E-state index in [1.165, 1.54) is 18.3 Å². The van der Waals surface area contributed by atoms with E-state index in [0.717, 1.165) is 5.69 Å². The topological polar surface area (TPSA) is 54.0 Å². The van der Waals surface area contributed by atoms with Crippen molar-refractivity contribution in [1.82, 2.24) is 4.98 Å². The minimum atomic E-state index is -0.720. The Morgan fingerprint density at radius 2 is 1.85 bits per heavy atom. The SMILES string of the molecule is CNc1ccc(C(=O)Nc2cc(Cl)c(F)c(Cl)c2)nc1. The average molecular weight is 314 g/mol. The van der Waals surface area contributed by atoms with Crippen LogP contribution in [0, 0.1) is 5.82 Å².